The molecule has 1 aliphatic carbocycles. The summed E-state index contributed by atoms with van der Waals surface area (Å²) in [4.78, 5) is 4.99. The first-order valence-electron chi connectivity index (χ1n) is 6.23. The fourth-order valence-electron chi connectivity index (χ4n) is 2.33. The largest absolute Gasteiger partial charge is 0.304 e. The molecule has 0 N–H and O–H groups in total. The van der Waals surface area contributed by atoms with Crippen molar-refractivity contribution >= 4 is 0 Å². The lowest BCUT2D eigenvalue weighted by molar-refractivity contribution is 0.133. The molecule has 0 aromatic rings. The fourth-order valence-corrected chi connectivity index (χ4v) is 2.33. The Bertz CT molecular complexity index is 307. The molecule has 1 saturated heterocycles. The molecule has 1 fully saturated rings. The molecule has 88 valence electrons. The smallest absolute Gasteiger partial charge is 0.0317 e. The number of piperazine rings is 1. The lowest BCUT2D eigenvalue weighted by atomic mass is 10.1. The molecule has 0 amide bonds. The van der Waals surface area contributed by atoms with Crippen molar-refractivity contribution in [2.24, 2.45) is 0 Å². The molecule has 2 heteroatoms. The predicted octanol–water partition coefficient (Wildman–Crippen LogP) is 2.06. The van der Waals surface area contributed by atoms with Crippen LogP contribution in [-0.2, 0) is 0 Å². The Balaban J connectivity index is 1.96. The number of hydrogen-bond acceptors (Lipinski definition) is 2. The van der Waals surface area contributed by atoms with Gasteiger partial charge in [-0.1, -0.05) is 30.4 Å². The molecule has 1 aliphatic heterocycles. The van der Waals surface area contributed by atoms with Crippen LogP contribution in [0.4, 0.5) is 0 Å². The molecule has 0 aromatic carbocycles. The number of nitrogens with zero attached hydrogens (tertiary/aromatic N) is 2. The molecule has 1 unspecified atom stereocenters. The molecule has 0 saturated carbocycles. The van der Waals surface area contributed by atoms with Gasteiger partial charge in [-0.15, -0.1) is 0 Å². The molecule has 0 aromatic heterocycles. The summed E-state index contributed by atoms with van der Waals surface area (Å²) < 4.78 is 0. The van der Waals surface area contributed by atoms with Crippen molar-refractivity contribution in [1.82, 2.24) is 9.80 Å². The molecule has 1 atom stereocenters. The lowest BCUT2D eigenvalue weighted by Crippen LogP contribution is -2.48. The van der Waals surface area contributed by atoms with Gasteiger partial charge < -0.3 is 4.90 Å². The van der Waals surface area contributed by atoms with Crippen LogP contribution in [0.25, 0.3) is 0 Å². The van der Waals surface area contributed by atoms with Crippen LogP contribution in [0.1, 0.15) is 13.3 Å². The minimum Gasteiger partial charge on any atom is -0.304 e. The van der Waals surface area contributed by atoms with Gasteiger partial charge in [0.2, 0.25) is 0 Å². The molecule has 0 spiro atoms. The third-order valence-corrected chi connectivity index (χ3v) is 3.59. The maximum atomic E-state index is 2.58. The highest BCUT2D eigenvalue weighted by atomic mass is 15.3. The summed E-state index contributed by atoms with van der Waals surface area (Å²) in [5.74, 6) is 0. The van der Waals surface area contributed by atoms with E-state index in [0.717, 1.165) is 6.42 Å². The van der Waals surface area contributed by atoms with Gasteiger partial charge in [0.1, 0.15) is 0 Å². The van der Waals surface area contributed by atoms with Gasteiger partial charge in [0.05, 0.1) is 0 Å². The minimum atomic E-state index is 0.560. The van der Waals surface area contributed by atoms with E-state index in [2.05, 4.69) is 54.2 Å². The SMILES string of the molecule is CC(C1=CCC=CC=C1)N1CCN(C)CC1. The summed E-state index contributed by atoms with van der Waals surface area (Å²) in [6.07, 6.45) is 12.2. The predicted molar refractivity (Wildman–Crippen MR) is 69.5 cm³/mol. The number of likely N-dealkylation sites (N-methyl/N-ethyl adjacent to an activating group) is 1. The lowest BCUT2D eigenvalue weighted by Gasteiger charge is -2.37. The number of hydrogen-bond donors (Lipinski definition) is 0. The molecule has 2 rings (SSSR count). The second kappa shape index (κ2) is 5.46. The Morgan fingerprint density at radius 3 is 2.62 bits per heavy atom. The van der Waals surface area contributed by atoms with E-state index in [0.29, 0.717) is 6.04 Å². The quantitative estimate of drug-likeness (QED) is 0.700. The molecule has 2 aliphatic rings. The molecule has 16 heavy (non-hydrogen) atoms. The number of allylic oxidation sites excluding steroid dienone is 4. The zero-order valence-corrected chi connectivity index (χ0v) is 10.4. The van der Waals surface area contributed by atoms with Crippen LogP contribution in [0.2, 0.25) is 0 Å². The van der Waals surface area contributed by atoms with Gasteiger partial charge in [-0.25, -0.2) is 0 Å². The van der Waals surface area contributed by atoms with E-state index in [1.807, 2.05) is 0 Å². The molecule has 1 heterocycles. The van der Waals surface area contributed by atoms with Crippen LogP contribution in [0.15, 0.2) is 36.0 Å². The van der Waals surface area contributed by atoms with E-state index in [1.165, 1.54) is 31.8 Å². The zero-order chi connectivity index (χ0) is 11.4. The van der Waals surface area contributed by atoms with Gasteiger partial charge in [-0.3, -0.25) is 4.90 Å². The monoisotopic (exact) mass is 218 g/mol. The van der Waals surface area contributed by atoms with Crippen LogP contribution in [0, 0.1) is 0 Å². The molecular weight excluding hydrogens is 196 g/mol. The Morgan fingerprint density at radius 1 is 1.12 bits per heavy atom. The highest BCUT2D eigenvalue weighted by Crippen LogP contribution is 2.16. The van der Waals surface area contributed by atoms with E-state index in [-0.39, 0.29) is 0 Å². The van der Waals surface area contributed by atoms with E-state index in [9.17, 15) is 0 Å². The van der Waals surface area contributed by atoms with Crippen LogP contribution >= 0.6 is 0 Å². The topological polar surface area (TPSA) is 6.48 Å². The summed E-state index contributed by atoms with van der Waals surface area (Å²) in [5.41, 5.74) is 1.47. The van der Waals surface area contributed by atoms with E-state index < -0.39 is 0 Å². The van der Waals surface area contributed by atoms with Gasteiger partial charge in [-0.05, 0) is 26.0 Å². The molecular formula is C14H22N2. The molecule has 0 bridgehead atoms. The van der Waals surface area contributed by atoms with Crippen LogP contribution in [0.5, 0.6) is 0 Å². The Morgan fingerprint density at radius 2 is 1.88 bits per heavy atom. The second-order valence-electron chi connectivity index (χ2n) is 4.74. The summed E-state index contributed by atoms with van der Waals surface area (Å²) in [6, 6.07) is 0.560. The third kappa shape index (κ3) is 2.83. The van der Waals surface area contributed by atoms with Crippen molar-refractivity contribution in [3.8, 4) is 0 Å². The van der Waals surface area contributed by atoms with Crippen LogP contribution in [0.3, 0.4) is 0 Å². The van der Waals surface area contributed by atoms with E-state index in [1.54, 1.807) is 0 Å². The Hall–Kier alpha value is -0.860. The maximum absolute atomic E-state index is 2.58. The normalized spacial score (nSPS) is 25.2. The van der Waals surface area contributed by atoms with Gasteiger partial charge in [0.15, 0.2) is 0 Å². The summed E-state index contributed by atoms with van der Waals surface area (Å²) in [5, 5.41) is 0. The second-order valence-corrected chi connectivity index (χ2v) is 4.74. The fraction of sp³-hybridized carbons (Fsp3) is 0.571. The van der Waals surface area contributed by atoms with E-state index >= 15 is 0 Å². The van der Waals surface area contributed by atoms with Crippen molar-refractivity contribution in [2.45, 2.75) is 19.4 Å². The third-order valence-electron chi connectivity index (χ3n) is 3.59. The van der Waals surface area contributed by atoms with Crippen molar-refractivity contribution in [1.29, 1.82) is 0 Å². The average Bonchev–Trinajstić information content (AvgIpc) is 2.57. The number of rotatable bonds is 2. The molecule has 2 nitrogen and oxygen atoms in total. The zero-order valence-electron chi connectivity index (χ0n) is 10.4. The van der Waals surface area contributed by atoms with Gasteiger partial charge in [0, 0.05) is 32.2 Å². The van der Waals surface area contributed by atoms with Crippen LogP contribution in [-0.4, -0.2) is 49.1 Å². The first-order valence-corrected chi connectivity index (χ1v) is 6.23. The average molecular weight is 218 g/mol. The van der Waals surface area contributed by atoms with Crippen molar-refractivity contribution < 1.29 is 0 Å². The Labute approximate surface area is 98.9 Å². The molecule has 0 radical (unpaired) electrons. The minimum absolute atomic E-state index is 0.560. The first kappa shape index (κ1) is 11.6. The van der Waals surface area contributed by atoms with Gasteiger partial charge in [-0.2, -0.15) is 0 Å². The van der Waals surface area contributed by atoms with Gasteiger partial charge >= 0.3 is 0 Å². The van der Waals surface area contributed by atoms with Crippen molar-refractivity contribution in [3.63, 3.8) is 0 Å². The standard InChI is InChI=1S/C14H22N2/c1-13(14-7-5-3-4-6-8-14)16-11-9-15(2)10-12-16/h3-5,7-8,13H,6,9-12H2,1-2H3. The van der Waals surface area contributed by atoms with Crippen molar-refractivity contribution in [2.75, 3.05) is 33.2 Å². The summed E-state index contributed by atoms with van der Waals surface area (Å²) >= 11 is 0. The highest BCUT2D eigenvalue weighted by Gasteiger charge is 2.20. The van der Waals surface area contributed by atoms with Crippen molar-refractivity contribution in [3.05, 3.63) is 36.0 Å². The van der Waals surface area contributed by atoms with Gasteiger partial charge in [0.25, 0.3) is 0 Å². The summed E-state index contributed by atoms with van der Waals surface area (Å²) in [6.45, 7) is 7.10. The summed E-state index contributed by atoms with van der Waals surface area (Å²) in [7, 11) is 2.21. The van der Waals surface area contributed by atoms with E-state index in [4.69, 9.17) is 0 Å². The first-order chi connectivity index (χ1) is 7.77. The highest BCUT2D eigenvalue weighted by molar-refractivity contribution is 5.30. The van der Waals surface area contributed by atoms with Crippen LogP contribution < -0.4 is 0 Å². The Kier molecular flexibility index (Phi) is 3.97. The maximum Gasteiger partial charge on any atom is 0.0317 e.